The number of rotatable bonds is 3. The molecule has 6 heteroatoms. The highest BCUT2D eigenvalue weighted by molar-refractivity contribution is 5.77. The number of carbonyl (C=O) groups is 1. The lowest BCUT2D eigenvalue weighted by molar-refractivity contribution is -0.157. The van der Waals surface area contributed by atoms with Crippen LogP contribution in [0.3, 0.4) is 0 Å². The van der Waals surface area contributed by atoms with Gasteiger partial charge in [0.25, 0.3) is 0 Å². The lowest BCUT2D eigenvalue weighted by atomic mass is 9.78. The molecule has 4 nitrogen and oxygen atoms in total. The van der Waals surface area contributed by atoms with E-state index >= 15 is 0 Å². The van der Waals surface area contributed by atoms with Crippen molar-refractivity contribution in [2.75, 3.05) is 14.2 Å². The van der Waals surface area contributed by atoms with E-state index in [9.17, 15) is 13.6 Å². The van der Waals surface area contributed by atoms with Gasteiger partial charge in [-0.05, 0) is 25.8 Å². The minimum atomic E-state index is -1.07. The average molecular weight is 314 g/mol. The number of benzene rings is 1. The molecule has 0 aliphatic carbocycles. The lowest BCUT2D eigenvalue weighted by Gasteiger charge is -2.25. The molecule has 22 heavy (non-hydrogen) atoms. The Kier molecular flexibility index (Phi) is 4.42. The topological polar surface area (TPSA) is 44.8 Å². The van der Waals surface area contributed by atoms with E-state index < -0.39 is 35.2 Å². The van der Waals surface area contributed by atoms with Gasteiger partial charge in [0.15, 0.2) is 17.7 Å². The van der Waals surface area contributed by atoms with Crippen LogP contribution in [0.4, 0.5) is 8.78 Å². The molecule has 1 saturated heterocycles. The van der Waals surface area contributed by atoms with Crippen molar-refractivity contribution >= 4 is 5.97 Å². The van der Waals surface area contributed by atoms with Crippen LogP contribution >= 0.6 is 0 Å². The molecule has 0 saturated carbocycles. The number of hydrogen-bond acceptors (Lipinski definition) is 4. The summed E-state index contributed by atoms with van der Waals surface area (Å²) in [6.07, 6.45) is -0.895. The maximum absolute atomic E-state index is 14.0. The van der Waals surface area contributed by atoms with Gasteiger partial charge in [-0.15, -0.1) is 0 Å². The van der Waals surface area contributed by atoms with E-state index in [1.165, 1.54) is 20.3 Å². The summed E-state index contributed by atoms with van der Waals surface area (Å²) in [5, 5.41) is 0. The second kappa shape index (κ2) is 5.83. The first-order valence-electron chi connectivity index (χ1n) is 7.02. The summed E-state index contributed by atoms with van der Waals surface area (Å²) in [7, 11) is 2.53. The Labute approximate surface area is 128 Å². The van der Waals surface area contributed by atoms with E-state index in [2.05, 4.69) is 0 Å². The Hall–Kier alpha value is -1.69. The van der Waals surface area contributed by atoms with E-state index in [1.807, 2.05) is 20.8 Å². The molecule has 0 aromatic heterocycles. The van der Waals surface area contributed by atoms with Crippen LogP contribution in [0.1, 0.15) is 32.3 Å². The minimum Gasteiger partial charge on any atom is -0.493 e. The van der Waals surface area contributed by atoms with Crippen LogP contribution < -0.4 is 4.74 Å². The normalized spacial score (nSPS) is 26.8. The van der Waals surface area contributed by atoms with Crippen molar-refractivity contribution in [3.63, 3.8) is 0 Å². The third-order valence-electron chi connectivity index (χ3n) is 4.47. The van der Waals surface area contributed by atoms with Gasteiger partial charge in [-0.3, -0.25) is 0 Å². The van der Waals surface area contributed by atoms with Crippen molar-refractivity contribution in [1.82, 2.24) is 0 Å². The molecule has 2 rings (SSSR count). The van der Waals surface area contributed by atoms with Gasteiger partial charge < -0.3 is 14.2 Å². The van der Waals surface area contributed by atoms with Crippen molar-refractivity contribution in [3.05, 3.63) is 29.3 Å². The monoisotopic (exact) mass is 314 g/mol. The summed E-state index contributed by atoms with van der Waals surface area (Å²) < 4.78 is 43.0. The van der Waals surface area contributed by atoms with Crippen LogP contribution in [0.5, 0.6) is 5.75 Å². The molecule has 0 N–H and O–H groups in total. The van der Waals surface area contributed by atoms with E-state index in [4.69, 9.17) is 14.2 Å². The zero-order valence-electron chi connectivity index (χ0n) is 13.3. The number of esters is 1. The maximum Gasteiger partial charge on any atom is 0.335 e. The van der Waals surface area contributed by atoms with Crippen LogP contribution in [0.2, 0.25) is 0 Å². The van der Waals surface area contributed by atoms with Gasteiger partial charge in [0, 0.05) is 11.5 Å². The third-order valence-corrected chi connectivity index (χ3v) is 4.47. The molecular weight excluding hydrogens is 294 g/mol. The lowest BCUT2D eigenvalue weighted by Crippen LogP contribution is -2.29. The molecule has 0 radical (unpaired) electrons. The summed E-state index contributed by atoms with van der Waals surface area (Å²) in [5.74, 6) is -3.44. The van der Waals surface area contributed by atoms with Crippen molar-refractivity contribution in [2.45, 2.75) is 38.4 Å². The van der Waals surface area contributed by atoms with Crippen LogP contribution in [-0.4, -0.2) is 31.9 Å². The summed E-state index contributed by atoms with van der Waals surface area (Å²) in [4.78, 5) is 12.0. The van der Waals surface area contributed by atoms with Gasteiger partial charge in [-0.1, -0.05) is 13.0 Å². The summed E-state index contributed by atoms with van der Waals surface area (Å²) in [6, 6.07) is 2.46. The fraction of sp³-hybridized carbons (Fsp3) is 0.562. The van der Waals surface area contributed by atoms with E-state index in [1.54, 1.807) is 0 Å². The molecule has 3 unspecified atom stereocenters. The first kappa shape index (κ1) is 16.7. The predicted molar refractivity (Wildman–Crippen MR) is 75.8 cm³/mol. The molecule has 1 aromatic carbocycles. The molecule has 1 aliphatic rings. The van der Waals surface area contributed by atoms with Crippen LogP contribution in [0.15, 0.2) is 12.1 Å². The van der Waals surface area contributed by atoms with Gasteiger partial charge in [-0.25, -0.2) is 9.18 Å². The Morgan fingerprint density at radius 3 is 2.45 bits per heavy atom. The summed E-state index contributed by atoms with van der Waals surface area (Å²) in [6.45, 7) is 5.59. The number of hydrogen-bond donors (Lipinski definition) is 0. The van der Waals surface area contributed by atoms with Crippen molar-refractivity contribution in [2.24, 2.45) is 5.92 Å². The molecule has 1 fully saturated rings. The summed E-state index contributed by atoms with van der Waals surface area (Å²) in [5.41, 5.74) is -0.214. The number of carbonyl (C=O) groups excluding carboxylic acids is 1. The molecule has 0 bridgehead atoms. The quantitative estimate of drug-likeness (QED) is 0.805. The van der Waals surface area contributed by atoms with Crippen LogP contribution in [-0.2, 0) is 14.3 Å². The van der Waals surface area contributed by atoms with Crippen molar-refractivity contribution < 1.29 is 27.8 Å². The zero-order valence-corrected chi connectivity index (χ0v) is 13.3. The predicted octanol–water partition coefficient (Wildman–Crippen LogP) is 3.04. The zero-order chi connectivity index (χ0) is 16.7. The molecule has 1 heterocycles. The molecule has 1 aromatic rings. The van der Waals surface area contributed by atoms with E-state index in [0.29, 0.717) is 5.56 Å². The first-order chi connectivity index (χ1) is 10.2. The molecular formula is C16H20F2O4. The van der Waals surface area contributed by atoms with Gasteiger partial charge in [0.05, 0.1) is 19.8 Å². The number of ether oxygens (including phenoxy) is 3. The summed E-state index contributed by atoms with van der Waals surface area (Å²) >= 11 is 0. The SMILES string of the molecule is COC(=O)C1OC(C)(C)C(C)C1c1ccc(F)c(F)c1OC. The average Bonchev–Trinajstić information content (AvgIpc) is 2.72. The van der Waals surface area contributed by atoms with Gasteiger partial charge >= 0.3 is 5.97 Å². The molecule has 0 amide bonds. The molecule has 1 aliphatic heterocycles. The van der Waals surface area contributed by atoms with E-state index in [0.717, 1.165) is 6.07 Å². The Morgan fingerprint density at radius 1 is 1.27 bits per heavy atom. The second-order valence-corrected chi connectivity index (χ2v) is 5.96. The van der Waals surface area contributed by atoms with Gasteiger partial charge in [0.2, 0.25) is 5.82 Å². The van der Waals surface area contributed by atoms with Crippen molar-refractivity contribution in [3.8, 4) is 5.75 Å². The second-order valence-electron chi connectivity index (χ2n) is 5.96. The highest BCUT2D eigenvalue weighted by atomic mass is 19.2. The minimum absolute atomic E-state index is 0.129. The smallest absolute Gasteiger partial charge is 0.335 e. The van der Waals surface area contributed by atoms with Crippen molar-refractivity contribution in [1.29, 1.82) is 0 Å². The molecule has 122 valence electrons. The fourth-order valence-electron chi connectivity index (χ4n) is 2.96. The fourth-order valence-corrected chi connectivity index (χ4v) is 2.96. The Balaban J connectivity index is 2.57. The highest BCUT2D eigenvalue weighted by Crippen LogP contribution is 2.49. The van der Waals surface area contributed by atoms with Gasteiger partial charge in [-0.2, -0.15) is 4.39 Å². The third kappa shape index (κ3) is 2.56. The standard InChI is InChI=1S/C16H20F2O4/c1-8-11(14(15(19)21-5)22-16(8,2)3)9-6-7-10(17)12(18)13(9)20-4/h6-8,11,14H,1-5H3. The largest absolute Gasteiger partial charge is 0.493 e. The molecule has 3 atom stereocenters. The molecule has 0 spiro atoms. The number of methoxy groups -OCH3 is 2. The number of halogens is 2. The van der Waals surface area contributed by atoms with Gasteiger partial charge in [0.1, 0.15) is 0 Å². The van der Waals surface area contributed by atoms with Crippen LogP contribution in [0, 0.1) is 17.6 Å². The Morgan fingerprint density at radius 2 is 1.91 bits per heavy atom. The van der Waals surface area contributed by atoms with E-state index in [-0.39, 0.29) is 11.7 Å². The maximum atomic E-state index is 14.0. The first-order valence-corrected chi connectivity index (χ1v) is 7.02. The Bertz CT molecular complexity index is 586. The highest BCUT2D eigenvalue weighted by Gasteiger charge is 2.52. The van der Waals surface area contributed by atoms with Crippen LogP contribution in [0.25, 0.3) is 0 Å².